The molecular weight excluding hydrogens is 152 g/mol. The third-order valence-electron chi connectivity index (χ3n) is 2.41. The maximum absolute atomic E-state index is 11.1. The Morgan fingerprint density at radius 2 is 2.25 bits per heavy atom. The van der Waals surface area contributed by atoms with Crippen molar-refractivity contribution in [3.63, 3.8) is 0 Å². The minimum absolute atomic E-state index is 0.177. The third-order valence-corrected chi connectivity index (χ3v) is 2.41. The summed E-state index contributed by atoms with van der Waals surface area (Å²) in [5.74, 6) is 0.944. The number of amides is 1. The van der Waals surface area contributed by atoms with Gasteiger partial charge in [0.15, 0.2) is 0 Å². The van der Waals surface area contributed by atoms with Crippen molar-refractivity contribution in [2.75, 3.05) is 20.1 Å². The van der Waals surface area contributed by atoms with E-state index in [1.807, 2.05) is 7.05 Å². The van der Waals surface area contributed by atoms with Crippen molar-refractivity contribution < 1.29 is 4.79 Å². The Bertz CT molecular complexity index is 143. The number of rotatable bonds is 5. The predicted octanol–water partition coefficient (Wildman–Crippen LogP) is 0.512. The highest BCUT2D eigenvalue weighted by atomic mass is 16.1. The van der Waals surface area contributed by atoms with Gasteiger partial charge in [0.1, 0.15) is 0 Å². The summed E-state index contributed by atoms with van der Waals surface area (Å²) in [4.78, 5) is 11.1. The third kappa shape index (κ3) is 3.22. The Kier molecular flexibility index (Phi) is 4.08. The molecule has 0 aromatic rings. The van der Waals surface area contributed by atoms with Crippen LogP contribution < -0.4 is 10.6 Å². The summed E-state index contributed by atoms with van der Waals surface area (Å²) in [5, 5.41) is 5.89. The van der Waals surface area contributed by atoms with E-state index in [4.69, 9.17) is 0 Å². The minimum atomic E-state index is 0.177. The summed E-state index contributed by atoms with van der Waals surface area (Å²) < 4.78 is 0. The summed E-state index contributed by atoms with van der Waals surface area (Å²) >= 11 is 0. The largest absolute Gasteiger partial charge is 0.356 e. The Morgan fingerprint density at radius 3 is 2.75 bits per heavy atom. The Morgan fingerprint density at radius 1 is 1.50 bits per heavy atom. The number of carbonyl (C=O) groups excluding carboxylic acids is 1. The van der Waals surface area contributed by atoms with Crippen LogP contribution in [0, 0.1) is 5.92 Å². The molecule has 0 aliphatic heterocycles. The van der Waals surface area contributed by atoms with Gasteiger partial charge in [0.05, 0.1) is 0 Å². The van der Waals surface area contributed by atoms with Crippen LogP contribution in [0.4, 0.5) is 0 Å². The van der Waals surface area contributed by atoms with Gasteiger partial charge in [0.2, 0.25) is 5.91 Å². The lowest BCUT2D eigenvalue weighted by molar-refractivity contribution is -0.121. The molecule has 3 nitrogen and oxygen atoms in total. The standard InChI is InChI=1S/C9H18N2O/c1-10-6-5-9(12)11-7-8-3-2-4-8/h8,10H,2-7H2,1H3,(H,11,12). The molecule has 1 saturated carbocycles. The molecule has 1 amide bonds. The summed E-state index contributed by atoms with van der Waals surface area (Å²) in [6.07, 6.45) is 4.54. The van der Waals surface area contributed by atoms with Gasteiger partial charge in [0.25, 0.3) is 0 Å². The van der Waals surface area contributed by atoms with Gasteiger partial charge < -0.3 is 10.6 Å². The topological polar surface area (TPSA) is 41.1 Å². The molecule has 1 fully saturated rings. The average Bonchev–Trinajstić information content (AvgIpc) is 1.98. The Balaban J connectivity index is 1.94. The monoisotopic (exact) mass is 170 g/mol. The normalized spacial score (nSPS) is 17.1. The maximum Gasteiger partial charge on any atom is 0.221 e. The van der Waals surface area contributed by atoms with Crippen LogP contribution in [0.15, 0.2) is 0 Å². The SMILES string of the molecule is CNCCC(=O)NCC1CCC1. The van der Waals surface area contributed by atoms with Gasteiger partial charge in [-0.3, -0.25) is 4.79 Å². The summed E-state index contributed by atoms with van der Waals surface area (Å²) in [6.45, 7) is 1.67. The summed E-state index contributed by atoms with van der Waals surface area (Å²) in [7, 11) is 1.86. The van der Waals surface area contributed by atoms with Crippen LogP contribution in [0.3, 0.4) is 0 Å². The summed E-state index contributed by atoms with van der Waals surface area (Å²) in [6, 6.07) is 0. The highest BCUT2D eigenvalue weighted by Gasteiger charge is 2.17. The second-order valence-electron chi connectivity index (χ2n) is 3.45. The second kappa shape index (κ2) is 5.14. The van der Waals surface area contributed by atoms with Crippen LogP contribution in [-0.4, -0.2) is 26.0 Å². The molecule has 0 heterocycles. The molecule has 1 aliphatic rings. The van der Waals surface area contributed by atoms with Crippen molar-refractivity contribution in [3.05, 3.63) is 0 Å². The van der Waals surface area contributed by atoms with E-state index >= 15 is 0 Å². The van der Waals surface area contributed by atoms with Crippen molar-refractivity contribution in [1.29, 1.82) is 0 Å². The van der Waals surface area contributed by atoms with E-state index in [9.17, 15) is 4.79 Å². The maximum atomic E-state index is 11.1. The zero-order valence-corrected chi connectivity index (χ0v) is 7.73. The van der Waals surface area contributed by atoms with Gasteiger partial charge in [-0.1, -0.05) is 6.42 Å². The molecule has 1 aliphatic carbocycles. The average molecular weight is 170 g/mol. The second-order valence-corrected chi connectivity index (χ2v) is 3.45. The zero-order chi connectivity index (χ0) is 8.81. The molecule has 0 bridgehead atoms. The molecule has 2 N–H and O–H groups in total. The highest BCUT2D eigenvalue weighted by Crippen LogP contribution is 2.24. The molecule has 0 radical (unpaired) electrons. The first kappa shape index (κ1) is 9.52. The van der Waals surface area contributed by atoms with E-state index in [2.05, 4.69) is 10.6 Å². The molecule has 12 heavy (non-hydrogen) atoms. The number of hydrogen-bond acceptors (Lipinski definition) is 2. The number of carbonyl (C=O) groups is 1. The van der Waals surface area contributed by atoms with Crippen LogP contribution in [0.5, 0.6) is 0 Å². The van der Waals surface area contributed by atoms with Crippen molar-refractivity contribution in [3.8, 4) is 0 Å². The van der Waals surface area contributed by atoms with Gasteiger partial charge in [0, 0.05) is 19.5 Å². The molecular formula is C9H18N2O. The number of hydrogen-bond donors (Lipinski definition) is 2. The van der Waals surface area contributed by atoms with E-state index in [0.717, 1.165) is 19.0 Å². The van der Waals surface area contributed by atoms with Crippen molar-refractivity contribution in [1.82, 2.24) is 10.6 Å². The lowest BCUT2D eigenvalue weighted by atomic mass is 9.85. The number of nitrogens with one attached hydrogen (secondary N) is 2. The smallest absolute Gasteiger partial charge is 0.221 e. The molecule has 0 saturated heterocycles. The molecule has 0 spiro atoms. The first-order valence-electron chi connectivity index (χ1n) is 4.74. The van der Waals surface area contributed by atoms with Crippen LogP contribution in [0.25, 0.3) is 0 Å². The molecule has 0 atom stereocenters. The van der Waals surface area contributed by atoms with E-state index < -0.39 is 0 Å². The predicted molar refractivity (Wildman–Crippen MR) is 48.9 cm³/mol. The molecule has 0 aromatic heterocycles. The molecule has 0 unspecified atom stereocenters. The van der Waals surface area contributed by atoms with Crippen LogP contribution >= 0.6 is 0 Å². The van der Waals surface area contributed by atoms with E-state index in [0.29, 0.717) is 6.42 Å². The Hall–Kier alpha value is -0.570. The van der Waals surface area contributed by atoms with Crippen molar-refractivity contribution >= 4 is 5.91 Å². The van der Waals surface area contributed by atoms with Gasteiger partial charge in [-0.05, 0) is 25.8 Å². The van der Waals surface area contributed by atoms with Gasteiger partial charge in [-0.25, -0.2) is 0 Å². The van der Waals surface area contributed by atoms with Crippen LogP contribution in [-0.2, 0) is 4.79 Å². The minimum Gasteiger partial charge on any atom is -0.356 e. The lowest BCUT2D eigenvalue weighted by Gasteiger charge is -2.25. The quantitative estimate of drug-likeness (QED) is 0.631. The fourth-order valence-corrected chi connectivity index (χ4v) is 1.28. The zero-order valence-electron chi connectivity index (χ0n) is 7.73. The van der Waals surface area contributed by atoms with E-state index in [-0.39, 0.29) is 5.91 Å². The highest BCUT2D eigenvalue weighted by molar-refractivity contribution is 5.76. The van der Waals surface area contributed by atoms with Crippen LogP contribution in [0.1, 0.15) is 25.7 Å². The van der Waals surface area contributed by atoms with Crippen LogP contribution in [0.2, 0.25) is 0 Å². The molecule has 0 aromatic carbocycles. The van der Waals surface area contributed by atoms with Crippen molar-refractivity contribution in [2.45, 2.75) is 25.7 Å². The lowest BCUT2D eigenvalue weighted by Crippen LogP contribution is -2.33. The van der Waals surface area contributed by atoms with Crippen molar-refractivity contribution in [2.24, 2.45) is 5.92 Å². The molecule has 1 rings (SSSR count). The molecule has 3 heteroatoms. The first-order valence-corrected chi connectivity index (χ1v) is 4.74. The van der Waals surface area contributed by atoms with Gasteiger partial charge >= 0.3 is 0 Å². The van der Waals surface area contributed by atoms with E-state index in [1.54, 1.807) is 0 Å². The Labute approximate surface area is 73.9 Å². The van der Waals surface area contributed by atoms with Gasteiger partial charge in [-0.2, -0.15) is 0 Å². The molecule has 70 valence electrons. The van der Waals surface area contributed by atoms with Gasteiger partial charge in [-0.15, -0.1) is 0 Å². The summed E-state index contributed by atoms with van der Waals surface area (Å²) in [5.41, 5.74) is 0. The fraction of sp³-hybridized carbons (Fsp3) is 0.889. The first-order chi connectivity index (χ1) is 5.83. The fourth-order valence-electron chi connectivity index (χ4n) is 1.28. The van der Waals surface area contributed by atoms with E-state index in [1.165, 1.54) is 19.3 Å².